The van der Waals surface area contributed by atoms with Gasteiger partial charge in [-0.2, -0.15) is 0 Å². The van der Waals surface area contributed by atoms with Crippen LogP contribution in [0.1, 0.15) is 13.8 Å². The van der Waals surface area contributed by atoms with Crippen LogP contribution in [-0.2, 0) is 4.79 Å². The van der Waals surface area contributed by atoms with E-state index in [0.717, 1.165) is 23.3 Å². The predicted molar refractivity (Wildman–Crippen MR) is 111 cm³/mol. The van der Waals surface area contributed by atoms with Crippen LogP contribution in [-0.4, -0.2) is 34.8 Å². The Bertz CT molecular complexity index is 933. The number of aromatic nitrogens is 2. The summed E-state index contributed by atoms with van der Waals surface area (Å²) < 4.78 is 5.54. The van der Waals surface area contributed by atoms with Gasteiger partial charge in [-0.05, 0) is 38.1 Å². The Balaban J connectivity index is 1.70. The van der Waals surface area contributed by atoms with Crippen molar-refractivity contribution in [3.05, 3.63) is 48.5 Å². The number of para-hydroxylation sites is 3. The Morgan fingerprint density at radius 1 is 1.07 bits per heavy atom. The number of hydrogen-bond donors (Lipinski definition) is 2. The molecule has 0 saturated carbocycles. The van der Waals surface area contributed by atoms with Crippen LogP contribution in [0.15, 0.2) is 53.7 Å². The maximum absolute atomic E-state index is 12.4. The summed E-state index contributed by atoms with van der Waals surface area (Å²) in [5, 5.41) is 7.68. The van der Waals surface area contributed by atoms with Crippen molar-refractivity contribution in [3.63, 3.8) is 0 Å². The molecule has 2 aromatic carbocycles. The SMILES string of the molecule is CCNc1nc(SCC(=O)Nc2ccccc2OCC)nc2ccccc12. The van der Waals surface area contributed by atoms with Crippen LogP contribution in [0.5, 0.6) is 5.75 Å². The summed E-state index contributed by atoms with van der Waals surface area (Å²) >= 11 is 1.31. The molecule has 1 amide bonds. The van der Waals surface area contributed by atoms with Crippen molar-refractivity contribution in [2.45, 2.75) is 19.0 Å². The van der Waals surface area contributed by atoms with Crippen LogP contribution in [0.4, 0.5) is 11.5 Å². The third-order valence-electron chi connectivity index (χ3n) is 3.72. The van der Waals surface area contributed by atoms with Crippen LogP contribution < -0.4 is 15.4 Å². The Morgan fingerprint density at radius 2 is 1.85 bits per heavy atom. The summed E-state index contributed by atoms with van der Waals surface area (Å²) in [5.41, 5.74) is 1.52. The van der Waals surface area contributed by atoms with Gasteiger partial charge in [0.25, 0.3) is 0 Å². The van der Waals surface area contributed by atoms with E-state index in [2.05, 4.69) is 20.6 Å². The Hall–Kier alpha value is -2.80. The second-order valence-electron chi connectivity index (χ2n) is 5.67. The van der Waals surface area contributed by atoms with Crippen LogP contribution in [0.2, 0.25) is 0 Å². The molecule has 0 bridgehead atoms. The van der Waals surface area contributed by atoms with Gasteiger partial charge in [-0.1, -0.05) is 36.0 Å². The molecule has 0 aliphatic carbocycles. The molecule has 6 nitrogen and oxygen atoms in total. The first-order chi connectivity index (χ1) is 13.2. The number of fused-ring (bicyclic) bond motifs is 1. The smallest absolute Gasteiger partial charge is 0.234 e. The molecule has 0 saturated heterocycles. The number of amides is 1. The minimum absolute atomic E-state index is 0.131. The molecule has 1 aromatic heterocycles. The number of carbonyl (C=O) groups is 1. The Kier molecular flexibility index (Phi) is 6.49. The third kappa shape index (κ3) is 4.89. The van der Waals surface area contributed by atoms with Gasteiger partial charge in [-0.3, -0.25) is 4.79 Å². The lowest BCUT2D eigenvalue weighted by molar-refractivity contribution is -0.113. The fourth-order valence-corrected chi connectivity index (χ4v) is 3.24. The van der Waals surface area contributed by atoms with Gasteiger partial charge in [-0.15, -0.1) is 0 Å². The van der Waals surface area contributed by atoms with Gasteiger partial charge < -0.3 is 15.4 Å². The summed E-state index contributed by atoms with van der Waals surface area (Å²) in [6.45, 7) is 5.24. The quantitative estimate of drug-likeness (QED) is 0.449. The first-order valence-corrected chi connectivity index (χ1v) is 9.85. The molecule has 0 unspecified atom stereocenters. The van der Waals surface area contributed by atoms with Gasteiger partial charge in [0.1, 0.15) is 11.6 Å². The summed E-state index contributed by atoms with van der Waals surface area (Å²) in [4.78, 5) is 21.5. The third-order valence-corrected chi connectivity index (χ3v) is 4.57. The zero-order chi connectivity index (χ0) is 19.1. The maximum Gasteiger partial charge on any atom is 0.234 e. The predicted octanol–water partition coefficient (Wildman–Crippen LogP) is 4.19. The average Bonchev–Trinajstić information content (AvgIpc) is 2.68. The molecule has 3 rings (SSSR count). The number of anilines is 2. The maximum atomic E-state index is 12.4. The van der Waals surface area contributed by atoms with Crippen LogP contribution in [0.25, 0.3) is 10.9 Å². The van der Waals surface area contributed by atoms with Gasteiger partial charge in [-0.25, -0.2) is 9.97 Å². The van der Waals surface area contributed by atoms with Crippen LogP contribution >= 0.6 is 11.8 Å². The van der Waals surface area contributed by atoms with Crippen molar-refractivity contribution in [3.8, 4) is 5.75 Å². The van der Waals surface area contributed by atoms with E-state index in [1.165, 1.54) is 11.8 Å². The summed E-state index contributed by atoms with van der Waals surface area (Å²) in [7, 11) is 0. The second-order valence-corrected chi connectivity index (χ2v) is 6.61. The van der Waals surface area contributed by atoms with Gasteiger partial charge in [0, 0.05) is 11.9 Å². The number of benzene rings is 2. The van der Waals surface area contributed by atoms with E-state index in [1.54, 1.807) is 0 Å². The molecule has 27 heavy (non-hydrogen) atoms. The van der Waals surface area contributed by atoms with E-state index in [9.17, 15) is 4.79 Å². The number of nitrogens with zero attached hydrogens (tertiary/aromatic N) is 2. The van der Waals surface area contributed by atoms with E-state index in [1.807, 2.05) is 62.4 Å². The molecule has 0 fully saturated rings. The van der Waals surface area contributed by atoms with Crippen LogP contribution in [0, 0.1) is 0 Å². The van der Waals surface area contributed by atoms with Gasteiger partial charge in [0.05, 0.1) is 23.6 Å². The summed E-state index contributed by atoms with van der Waals surface area (Å²) in [6, 6.07) is 15.2. The summed E-state index contributed by atoms with van der Waals surface area (Å²) in [6.07, 6.45) is 0. The topological polar surface area (TPSA) is 76.1 Å². The fourth-order valence-electron chi connectivity index (χ4n) is 2.59. The van der Waals surface area contributed by atoms with Gasteiger partial charge in [0.2, 0.25) is 5.91 Å². The van der Waals surface area contributed by atoms with Crippen molar-refractivity contribution in [1.82, 2.24) is 9.97 Å². The van der Waals surface area contributed by atoms with E-state index >= 15 is 0 Å². The minimum atomic E-state index is -0.131. The average molecular weight is 382 g/mol. The molecule has 0 atom stereocenters. The summed E-state index contributed by atoms with van der Waals surface area (Å²) in [5.74, 6) is 1.53. The molecule has 0 aliphatic rings. The fraction of sp³-hybridized carbons (Fsp3) is 0.250. The first-order valence-electron chi connectivity index (χ1n) is 8.86. The highest BCUT2D eigenvalue weighted by atomic mass is 32.2. The lowest BCUT2D eigenvalue weighted by atomic mass is 10.2. The lowest BCUT2D eigenvalue weighted by Crippen LogP contribution is -2.15. The van der Waals surface area contributed by atoms with E-state index in [-0.39, 0.29) is 11.7 Å². The van der Waals surface area contributed by atoms with E-state index in [0.29, 0.717) is 23.2 Å². The second kappa shape index (κ2) is 9.23. The Morgan fingerprint density at radius 3 is 2.67 bits per heavy atom. The molecule has 2 N–H and O–H groups in total. The zero-order valence-electron chi connectivity index (χ0n) is 15.4. The normalized spacial score (nSPS) is 10.6. The van der Waals surface area contributed by atoms with Crippen molar-refractivity contribution >= 4 is 40.1 Å². The molecule has 7 heteroatoms. The van der Waals surface area contributed by atoms with Gasteiger partial charge >= 0.3 is 0 Å². The van der Waals surface area contributed by atoms with Crippen molar-refractivity contribution < 1.29 is 9.53 Å². The number of hydrogen-bond acceptors (Lipinski definition) is 6. The molecular formula is C20H22N4O2S. The van der Waals surface area contributed by atoms with E-state index in [4.69, 9.17) is 4.74 Å². The number of rotatable bonds is 8. The molecular weight excluding hydrogens is 360 g/mol. The standard InChI is InChI=1S/C20H22N4O2S/c1-3-21-19-14-9-5-6-10-15(14)23-20(24-19)27-13-18(25)22-16-11-7-8-12-17(16)26-4-2/h5-12H,3-4,13H2,1-2H3,(H,22,25)(H,21,23,24). The monoisotopic (exact) mass is 382 g/mol. The highest BCUT2D eigenvalue weighted by Crippen LogP contribution is 2.26. The molecule has 0 aliphatic heterocycles. The lowest BCUT2D eigenvalue weighted by Gasteiger charge is -2.11. The minimum Gasteiger partial charge on any atom is -0.492 e. The number of carbonyl (C=O) groups excluding carboxylic acids is 1. The van der Waals surface area contributed by atoms with Crippen molar-refractivity contribution in [2.24, 2.45) is 0 Å². The van der Waals surface area contributed by atoms with Crippen molar-refractivity contribution in [1.29, 1.82) is 0 Å². The Labute approximate surface area is 162 Å². The largest absolute Gasteiger partial charge is 0.492 e. The highest BCUT2D eigenvalue weighted by molar-refractivity contribution is 7.99. The number of nitrogens with one attached hydrogen (secondary N) is 2. The molecule has 140 valence electrons. The molecule has 0 spiro atoms. The van der Waals surface area contributed by atoms with Crippen LogP contribution in [0.3, 0.4) is 0 Å². The molecule has 3 aromatic rings. The molecule has 0 radical (unpaired) electrons. The van der Waals surface area contributed by atoms with Crippen molar-refractivity contribution in [2.75, 3.05) is 29.5 Å². The first kappa shape index (κ1) is 19.0. The zero-order valence-corrected chi connectivity index (χ0v) is 16.2. The number of thioether (sulfide) groups is 1. The number of ether oxygens (including phenoxy) is 1. The van der Waals surface area contributed by atoms with Gasteiger partial charge in [0.15, 0.2) is 5.16 Å². The highest BCUT2D eigenvalue weighted by Gasteiger charge is 2.11. The molecule has 1 heterocycles. The van der Waals surface area contributed by atoms with E-state index < -0.39 is 0 Å².